The summed E-state index contributed by atoms with van der Waals surface area (Å²) in [5, 5.41) is 0. The van der Waals surface area contributed by atoms with Crippen molar-refractivity contribution >= 4 is 19.1 Å². The highest BCUT2D eigenvalue weighted by Gasteiger charge is 2.63. The molecule has 1 heterocycles. The Labute approximate surface area is 184 Å². The third-order valence-corrected chi connectivity index (χ3v) is 5.75. The van der Waals surface area contributed by atoms with Crippen molar-refractivity contribution in [3.05, 3.63) is 35.0 Å². The number of nitrogens with zero attached hydrogens (tertiary/aromatic N) is 1. The summed E-state index contributed by atoms with van der Waals surface area (Å²) < 4.78 is 58.5. The molecular formula is C21H27BF3NO6. The number of hydrogen-bond donors (Lipinski definition) is 0. The molecule has 1 aromatic rings. The maximum atomic E-state index is 13.4. The molecule has 1 aliphatic heterocycles. The molecule has 0 saturated heterocycles. The van der Waals surface area contributed by atoms with Crippen LogP contribution in [0, 0.1) is 0 Å². The fourth-order valence-electron chi connectivity index (χ4n) is 4.36. The molecule has 0 saturated carbocycles. The molecule has 32 heavy (non-hydrogen) atoms. The van der Waals surface area contributed by atoms with E-state index in [0.717, 1.165) is 5.56 Å². The van der Waals surface area contributed by atoms with E-state index in [0.29, 0.717) is 48.5 Å². The van der Waals surface area contributed by atoms with Gasteiger partial charge in [-0.3, -0.25) is 4.79 Å². The van der Waals surface area contributed by atoms with E-state index in [2.05, 4.69) is 4.65 Å². The van der Waals surface area contributed by atoms with Crippen LogP contribution in [-0.4, -0.2) is 61.6 Å². The Morgan fingerprint density at radius 1 is 1.19 bits per heavy atom. The predicted molar refractivity (Wildman–Crippen MR) is 111 cm³/mol. The van der Waals surface area contributed by atoms with E-state index >= 15 is 0 Å². The first-order valence-corrected chi connectivity index (χ1v) is 10.5. The van der Waals surface area contributed by atoms with Crippen molar-refractivity contribution in [3.8, 4) is 11.5 Å². The first kappa shape index (κ1) is 24.0. The fraction of sp³-hybridized carbons (Fsp3) is 0.524. The number of ether oxygens (including phenoxy) is 3. The van der Waals surface area contributed by atoms with E-state index in [1.807, 2.05) is 0 Å². The standard InChI is InChI=1S/C21H27BF3NO6/c1-4-31-20(28)21(32-22(23,24)25)13-15-6-5-7-16(15)26(19(21)27)11-10-14-8-9-17(29-2)18(12-14)30-3/h8-9,12,32H,4-7,10-11,13H2,1-3H3. The fourth-order valence-corrected chi connectivity index (χ4v) is 4.36. The monoisotopic (exact) mass is 457 g/mol. The number of carbonyl (C=O) groups excluding carboxylic acids is 2. The number of halogens is 3. The van der Waals surface area contributed by atoms with Crippen LogP contribution in [0.15, 0.2) is 29.5 Å². The maximum absolute atomic E-state index is 13.4. The number of aliphatic hydroxyl groups is 1. The van der Waals surface area contributed by atoms with Crippen LogP contribution < -0.4 is 9.47 Å². The molecular weight excluding hydrogens is 430 g/mol. The van der Waals surface area contributed by atoms with Crippen molar-refractivity contribution in [1.29, 1.82) is 0 Å². The number of methoxy groups -OCH3 is 2. The van der Waals surface area contributed by atoms with Gasteiger partial charge in [0, 0.05) is 12.2 Å². The summed E-state index contributed by atoms with van der Waals surface area (Å²) in [5.74, 6) is -1.18. The van der Waals surface area contributed by atoms with Crippen LogP contribution in [0.25, 0.3) is 0 Å². The molecule has 2 aliphatic rings. The van der Waals surface area contributed by atoms with Crippen molar-refractivity contribution in [2.24, 2.45) is 0 Å². The summed E-state index contributed by atoms with van der Waals surface area (Å²) in [6.45, 7) is 1.44. The van der Waals surface area contributed by atoms with E-state index in [-0.39, 0.29) is 19.6 Å². The minimum Gasteiger partial charge on any atom is -0.572 e. The second-order valence-electron chi connectivity index (χ2n) is 7.73. The van der Waals surface area contributed by atoms with Gasteiger partial charge in [-0.2, -0.15) is 0 Å². The second kappa shape index (κ2) is 9.44. The van der Waals surface area contributed by atoms with Crippen LogP contribution in [-0.2, 0) is 20.7 Å². The smallest absolute Gasteiger partial charge is 0.572 e. The van der Waals surface area contributed by atoms with Gasteiger partial charge in [0.1, 0.15) is 0 Å². The molecule has 1 unspecified atom stereocenters. The van der Waals surface area contributed by atoms with Crippen LogP contribution in [0.4, 0.5) is 12.9 Å². The SMILES string of the molecule is CCOC(=O)C1([OH+][B-](F)(F)F)CC2=C(CCC2)N(CCc2ccc(OC)c(OC)c2)C1=O. The van der Waals surface area contributed by atoms with E-state index < -0.39 is 24.7 Å². The Balaban J connectivity index is 1.93. The summed E-state index contributed by atoms with van der Waals surface area (Å²) in [6, 6.07) is 5.26. The van der Waals surface area contributed by atoms with Gasteiger partial charge >= 0.3 is 24.7 Å². The zero-order valence-electron chi connectivity index (χ0n) is 18.3. The van der Waals surface area contributed by atoms with Crippen LogP contribution in [0.1, 0.15) is 38.2 Å². The molecule has 176 valence electrons. The Hall–Kier alpha value is -2.69. The van der Waals surface area contributed by atoms with Gasteiger partial charge in [0.05, 0.1) is 27.2 Å². The number of hydrogen-bond acceptors (Lipinski definition) is 5. The third-order valence-electron chi connectivity index (χ3n) is 5.75. The minimum absolute atomic E-state index is 0.106. The van der Waals surface area contributed by atoms with Crippen molar-refractivity contribution in [1.82, 2.24) is 4.90 Å². The average molecular weight is 457 g/mol. The molecule has 3 rings (SSSR count). The van der Waals surface area contributed by atoms with Crippen molar-refractivity contribution in [3.63, 3.8) is 0 Å². The lowest BCUT2D eigenvalue weighted by atomic mass is 9.86. The van der Waals surface area contributed by atoms with Gasteiger partial charge in [-0.25, -0.2) is 4.79 Å². The van der Waals surface area contributed by atoms with Crippen molar-refractivity contribution in [2.45, 2.75) is 44.6 Å². The number of esters is 1. The van der Waals surface area contributed by atoms with E-state index in [1.165, 1.54) is 26.0 Å². The summed E-state index contributed by atoms with van der Waals surface area (Å²) in [4.78, 5) is 27.4. The molecule has 1 atom stereocenters. The molecule has 0 fully saturated rings. The van der Waals surface area contributed by atoms with Crippen LogP contribution in [0.5, 0.6) is 11.5 Å². The predicted octanol–water partition coefficient (Wildman–Crippen LogP) is 3.09. The maximum Gasteiger partial charge on any atom is 0.843 e. The van der Waals surface area contributed by atoms with Gasteiger partial charge in [0.25, 0.3) is 0 Å². The quantitative estimate of drug-likeness (QED) is 0.247. The second-order valence-corrected chi connectivity index (χ2v) is 7.73. The van der Waals surface area contributed by atoms with E-state index in [9.17, 15) is 22.5 Å². The molecule has 1 N–H and O–H groups in total. The molecule has 0 aromatic heterocycles. The first-order valence-electron chi connectivity index (χ1n) is 10.5. The van der Waals surface area contributed by atoms with E-state index in [4.69, 9.17) is 14.2 Å². The number of allylic oxidation sites excluding steroid dienone is 1. The lowest BCUT2D eigenvalue weighted by Gasteiger charge is -2.40. The molecule has 1 aliphatic carbocycles. The zero-order valence-corrected chi connectivity index (χ0v) is 18.3. The molecule has 1 aromatic carbocycles. The number of rotatable bonds is 9. The van der Waals surface area contributed by atoms with Crippen molar-refractivity contribution in [2.75, 3.05) is 27.4 Å². The summed E-state index contributed by atoms with van der Waals surface area (Å²) in [6.07, 6.45) is 1.77. The normalized spacial score (nSPS) is 20.9. The van der Waals surface area contributed by atoms with Crippen LogP contribution >= 0.6 is 0 Å². The highest BCUT2D eigenvalue weighted by Crippen LogP contribution is 2.42. The molecule has 11 heteroatoms. The van der Waals surface area contributed by atoms with Crippen LogP contribution in [0.2, 0.25) is 0 Å². The largest absolute Gasteiger partial charge is 0.843 e. The lowest BCUT2D eigenvalue weighted by molar-refractivity contribution is -0.198. The number of benzene rings is 1. The Morgan fingerprint density at radius 3 is 2.53 bits per heavy atom. The van der Waals surface area contributed by atoms with Gasteiger partial charge in [0.2, 0.25) is 0 Å². The minimum atomic E-state index is -5.76. The van der Waals surface area contributed by atoms with E-state index in [1.54, 1.807) is 18.2 Å². The first-order chi connectivity index (χ1) is 15.1. The highest BCUT2D eigenvalue weighted by atomic mass is 19.4. The number of carbonyl (C=O) groups is 2. The van der Waals surface area contributed by atoms with Gasteiger partial charge in [-0.15, -0.1) is 0 Å². The van der Waals surface area contributed by atoms with Gasteiger partial charge < -0.3 is 36.7 Å². The zero-order chi connectivity index (χ0) is 23.5. The Kier molecular flexibility index (Phi) is 7.07. The third kappa shape index (κ3) is 4.72. The van der Waals surface area contributed by atoms with Gasteiger partial charge in [-0.05, 0) is 55.9 Å². The Morgan fingerprint density at radius 2 is 1.91 bits per heavy atom. The molecule has 1 amide bonds. The number of amides is 1. The lowest BCUT2D eigenvalue weighted by Crippen LogP contribution is -2.64. The van der Waals surface area contributed by atoms with Gasteiger partial charge in [-0.1, -0.05) is 6.07 Å². The topological polar surface area (TPSA) is 77.9 Å². The van der Waals surface area contributed by atoms with Gasteiger partial charge in [0.15, 0.2) is 11.5 Å². The molecule has 7 nitrogen and oxygen atoms in total. The Bertz CT molecular complexity index is 919. The van der Waals surface area contributed by atoms with Crippen LogP contribution in [0.3, 0.4) is 0 Å². The molecule has 0 spiro atoms. The summed E-state index contributed by atoms with van der Waals surface area (Å²) in [5.41, 5.74) is -0.455. The highest BCUT2D eigenvalue weighted by molar-refractivity contribution is 6.51. The van der Waals surface area contributed by atoms with Crippen molar-refractivity contribution < 1.29 is 41.4 Å². The summed E-state index contributed by atoms with van der Waals surface area (Å²) >= 11 is 0. The molecule has 0 bridgehead atoms. The average Bonchev–Trinajstić information content (AvgIpc) is 3.20. The summed E-state index contributed by atoms with van der Waals surface area (Å²) in [7, 11) is -2.75. The molecule has 0 radical (unpaired) electrons.